The first-order chi connectivity index (χ1) is 13.2. The van der Waals surface area contributed by atoms with Crippen molar-refractivity contribution in [3.8, 4) is 0 Å². The summed E-state index contributed by atoms with van der Waals surface area (Å²) < 4.78 is 2.14. The number of hydrogen-bond acceptors (Lipinski definition) is 6. The molecule has 0 aromatic carbocycles. The fourth-order valence-electron chi connectivity index (χ4n) is 2.93. The average molecular weight is 389 g/mol. The van der Waals surface area contributed by atoms with Crippen LogP contribution in [0.25, 0.3) is 11.0 Å². The highest BCUT2D eigenvalue weighted by molar-refractivity contribution is 5.88. The van der Waals surface area contributed by atoms with Crippen LogP contribution in [0.15, 0.2) is 12.3 Å². The lowest BCUT2D eigenvalue weighted by Crippen LogP contribution is -2.28. The van der Waals surface area contributed by atoms with E-state index in [0.717, 1.165) is 47.7 Å². The van der Waals surface area contributed by atoms with Crippen LogP contribution in [0.3, 0.4) is 0 Å². The lowest BCUT2D eigenvalue weighted by atomic mass is 10.2. The minimum absolute atomic E-state index is 0.00302. The maximum Gasteiger partial charge on any atom is 0.222 e. The zero-order valence-electron chi connectivity index (χ0n) is 17.6. The molecule has 28 heavy (non-hydrogen) atoms. The molecule has 0 bridgehead atoms. The average Bonchev–Trinajstić information content (AvgIpc) is 2.98. The molecule has 0 radical (unpaired) electrons. The number of nitrogen functional groups attached to an aromatic ring is 1. The number of nitrogens with one attached hydrogen (secondary N) is 2. The number of fused-ring (bicyclic) bond motifs is 1. The van der Waals surface area contributed by atoms with Crippen molar-refractivity contribution in [2.75, 3.05) is 12.3 Å². The standard InChI is InChI=1S/C20H32N6O2/c1-12(2)20(27)22-9-7-8-10-26-16(11-28-25-13(3)4)24-17-18(26)14(5)15(6)23-19(17)21/h12,25H,3,7-11H2,1-2,4-6H3,(H2,21,23)(H,22,27). The number of rotatable bonds is 10. The summed E-state index contributed by atoms with van der Waals surface area (Å²) >= 11 is 0. The van der Waals surface area contributed by atoms with Gasteiger partial charge in [-0.15, -0.1) is 0 Å². The van der Waals surface area contributed by atoms with Gasteiger partial charge in [-0.1, -0.05) is 20.4 Å². The topological polar surface area (TPSA) is 107 Å². The smallest absolute Gasteiger partial charge is 0.222 e. The molecular weight excluding hydrogens is 356 g/mol. The van der Waals surface area contributed by atoms with E-state index in [2.05, 4.69) is 31.9 Å². The van der Waals surface area contributed by atoms with E-state index in [1.54, 1.807) is 0 Å². The summed E-state index contributed by atoms with van der Waals surface area (Å²) in [6.07, 6.45) is 1.77. The second-order valence-corrected chi connectivity index (χ2v) is 7.41. The Balaban J connectivity index is 2.17. The second-order valence-electron chi connectivity index (χ2n) is 7.41. The molecule has 0 aliphatic rings. The van der Waals surface area contributed by atoms with Crippen LogP contribution in [-0.4, -0.2) is 27.0 Å². The van der Waals surface area contributed by atoms with Crippen LogP contribution in [0.5, 0.6) is 0 Å². The quantitative estimate of drug-likeness (QED) is 0.427. The summed E-state index contributed by atoms with van der Waals surface area (Å²) in [5.74, 6) is 1.29. The molecule has 0 aliphatic carbocycles. The van der Waals surface area contributed by atoms with Gasteiger partial charge in [-0.2, -0.15) is 0 Å². The number of aromatic nitrogens is 3. The number of pyridine rings is 1. The predicted octanol–water partition coefficient (Wildman–Crippen LogP) is 2.74. The Hall–Kier alpha value is -2.61. The van der Waals surface area contributed by atoms with Gasteiger partial charge in [0.2, 0.25) is 5.91 Å². The Morgan fingerprint density at radius 3 is 2.64 bits per heavy atom. The molecule has 1 amide bonds. The van der Waals surface area contributed by atoms with E-state index in [9.17, 15) is 4.79 Å². The molecule has 2 heterocycles. The summed E-state index contributed by atoms with van der Waals surface area (Å²) in [6, 6.07) is 0. The van der Waals surface area contributed by atoms with Gasteiger partial charge in [-0.3, -0.25) is 15.1 Å². The Morgan fingerprint density at radius 1 is 1.29 bits per heavy atom. The molecule has 8 heteroatoms. The molecule has 4 N–H and O–H groups in total. The maximum absolute atomic E-state index is 11.7. The van der Waals surface area contributed by atoms with Gasteiger partial charge in [0.15, 0.2) is 5.82 Å². The number of anilines is 1. The normalized spacial score (nSPS) is 11.2. The third-order valence-electron chi connectivity index (χ3n) is 4.56. The van der Waals surface area contributed by atoms with Crippen molar-refractivity contribution in [1.29, 1.82) is 0 Å². The predicted molar refractivity (Wildman–Crippen MR) is 111 cm³/mol. The molecule has 8 nitrogen and oxygen atoms in total. The maximum atomic E-state index is 11.7. The molecule has 154 valence electrons. The molecule has 0 atom stereocenters. The van der Waals surface area contributed by atoms with E-state index < -0.39 is 0 Å². The number of carbonyl (C=O) groups excluding carboxylic acids is 1. The number of hydroxylamine groups is 1. The van der Waals surface area contributed by atoms with Gasteiger partial charge in [0.05, 0.1) is 5.52 Å². The summed E-state index contributed by atoms with van der Waals surface area (Å²) in [5.41, 5.74) is 13.2. The largest absolute Gasteiger partial charge is 0.382 e. The summed E-state index contributed by atoms with van der Waals surface area (Å²) in [6.45, 7) is 15.0. The minimum atomic E-state index is 0.00302. The molecule has 0 spiro atoms. The molecule has 0 fully saturated rings. The van der Waals surface area contributed by atoms with E-state index >= 15 is 0 Å². The van der Waals surface area contributed by atoms with E-state index in [1.807, 2.05) is 34.6 Å². The molecular formula is C20H32N6O2. The van der Waals surface area contributed by atoms with Crippen LogP contribution in [-0.2, 0) is 22.8 Å². The van der Waals surface area contributed by atoms with Crippen molar-refractivity contribution in [1.82, 2.24) is 25.3 Å². The highest BCUT2D eigenvalue weighted by atomic mass is 16.6. The lowest BCUT2D eigenvalue weighted by Gasteiger charge is -2.13. The van der Waals surface area contributed by atoms with Crippen molar-refractivity contribution in [2.45, 2.75) is 60.6 Å². The molecule has 2 aromatic heterocycles. The third-order valence-corrected chi connectivity index (χ3v) is 4.56. The van der Waals surface area contributed by atoms with Crippen LogP contribution >= 0.6 is 0 Å². The number of hydrogen-bond donors (Lipinski definition) is 3. The highest BCUT2D eigenvalue weighted by Gasteiger charge is 2.17. The molecule has 0 aliphatic heterocycles. The van der Waals surface area contributed by atoms with E-state index in [0.29, 0.717) is 17.9 Å². The van der Waals surface area contributed by atoms with Crippen LogP contribution in [0, 0.1) is 19.8 Å². The third kappa shape index (κ3) is 5.22. The van der Waals surface area contributed by atoms with Crippen molar-refractivity contribution >= 4 is 22.8 Å². The molecule has 0 saturated carbocycles. The fraction of sp³-hybridized carbons (Fsp3) is 0.550. The zero-order chi connectivity index (χ0) is 20.8. The second kappa shape index (κ2) is 9.54. The van der Waals surface area contributed by atoms with Crippen molar-refractivity contribution in [3.05, 3.63) is 29.4 Å². The zero-order valence-corrected chi connectivity index (χ0v) is 17.6. The van der Waals surface area contributed by atoms with Gasteiger partial charge >= 0.3 is 0 Å². The van der Waals surface area contributed by atoms with Gasteiger partial charge in [-0.05, 0) is 39.2 Å². The van der Waals surface area contributed by atoms with E-state index in [1.165, 1.54) is 0 Å². The lowest BCUT2D eigenvalue weighted by molar-refractivity contribution is -0.123. The van der Waals surface area contributed by atoms with Gasteiger partial charge in [0.1, 0.15) is 17.9 Å². The first-order valence-corrected chi connectivity index (χ1v) is 9.65. The summed E-state index contributed by atoms with van der Waals surface area (Å²) in [4.78, 5) is 26.2. The fourth-order valence-corrected chi connectivity index (χ4v) is 2.93. The molecule has 2 aromatic rings. The van der Waals surface area contributed by atoms with Crippen molar-refractivity contribution < 1.29 is 9.63 Å². The number of allylic oxidation sites excluding steroid dienone is 1. The van der Waals surface area contributed by atoms with Crippen LogP contribution in [0.2, 0.25) is 0 Å². The van der Waals surface area contributed by atoms with E-state index in [-0.39, 0.29) is 18.4 Å². The monoisotopic (exact) mass is 388 g/mol. The Bertz CT molecular complexity index is 856. The number of aryl methyl sites for hydroxylation is 3. The summed E-state index contributed by atoms with van der Waals surface area (Å²) in [5, 5.41) is 2.95. The molecule has 0 saturated heterocycles. The first-order valence-electron chi connectivity index (χ1n) is 9.65. The van der Waals surface area contributed by atoms with Gasteiger partial charge in [0.25, 0.3) is 0 Å². The number of amides is 1. The number of nitrogens with zero attached hydrogens (tertiary/aromatic N) is 3. The molecule has 2 rings (SSSR count). The van der Waals surface area contributed by atoms with Gasteiger partial charge < -0.3 is 15.6 Å². The van der Waals surface area contributed by atoms with Crippen LogP contribution in [0.4, 0.5) is 5.82 Å². The Labute approximate surface area is 166 Å². The van der Waals surface area contributed by atoms with Crippen LogP contribution < -0.4 is 16.5 Å². The van der Waals surface area contributed by atoms with Crippen LogP contribution in [0.1, 0.15) is 50.7 Å². The Morgan fingerprint density at radius 2 is 2.00 bits per heavy atom. The van der Waals surface area contributed by atoms with Crippen molar-refractivity contribution in [2.24, 2.45) is 5.92 Å². The number of unbranched alkanes of at least 4 members (excludes halogenated alkanes) is 1. The summed E-state index contributed by atoms with van der Waals surface area (Å²) in [7, 11) is 0. The molecule has 0 unspecified atom stereocenters. The van der Waals surface area contributed by atoms with Gasteiger partial charge in [-0.25, -0.2) is 9.97 Å². The highest BCUT2D eigenvalue weighted by Crippen LogP contribution is 2.26. The van der Waals surface area contributed by atoms with E-state index in [4.69, 9.17) is 10.6 Å². The number of nitrogens with two attached hydrogens (primary N) is 1. The first kappa shape index (κ1) is 21.7. The SMILES string of the molecule is C=C(C)NOCc1nc2c(N)nc(C)c(C)c2n1CCCCNC(=O)C(C)C. The minimum Gasteiger partial charge on any atom is -0.382 e. The number of carbonyl (C=O) groups is 1. The Kier molecular flexibility index (Phi) is 7.39. The van der Waals surface area contributed by atoms with Crippen molar-refractivity contribution in [3.63, 3.8) is 0 Å². The number of imidazole rings is 1. The van der Waals surface area contributed by atoms with Gasteiger partial charge in [0, 0.05) is 30.4 Å².